The standard InChI is InChI=1S/C13H8Cl2FNO4S/c14-8-2-1-3-9(6-8)17-13(18)21-12-5-4-10(7-11(12)15)22(16,19)20/h1-7H,(H,17,18). The molecule has 0 bridgehead atoms. The molecule has 0 aliphatic rings. The first kappa shape index (κ1) is 16.5. The number of rotatable bonds is 3. The second-order valence-electron chi connectivity index (χ2n) is 4.05. The molecule has 0 saturated heterocycles. The molecule has 22 heavy (non-hydrogen) atoms. The van der Waals surface area contributed by atoms with Crippen molar-refractivity contribution in [2.24, 2.45) is 0 Å². The van der Waals surface area contributed by atoms with E-state index in [0.717, 1.165) is 18.2 Å². The Balaban J connectivity index is 2.12. The summed E-state index contributed by atoms with van der Waals surface area (Å²) in [5.74, 6) is -0.117. The van der Waals surface area contributed by atoms with Gasteiger partial charge in [0.2, 0.25) is 0 Å². The first-order valence-electron chi connectivity index (χ1n) is 5.74. The van der Waals surface area contributed by atoms with Crippen LogP contribution in [0.5, 0.6) is 5.75 Å². The molecular weight excluding hydrogens is 356 g/mol. The van der Waals surface area contributed by atoms with Gasteiger partial charge >= 0.3 is 16.3 Å². The van der Waals surface area contributed by atoms with Gasteiger partial charge in [0.05, 0.1) is 5.02 Å². The number of halogens is 3. The summed E-state index contributed by atoms with van der Waals surface area (Å²) in [7, 11) is -4.88. The maximum absolute atomic E-state index is 12.8. The van der Waals surface area contributed by atoms with Crippen molar-refractivity contribution in [3.05, 3.63) is 52.5 Å². The first-order chi connectivity index (χ1) is 10.3. The lowest BCUT2D eigenvalue weighted by Gasteiger charge is -2.08. The van der Waals surface area contributed by atoms with E-state index in [1.54, 1.807) is 18.2 Å². The molecule has 0 fully saturated rings. The lowest BCUT2D eigenvalue weighted by molar-refractivity contribution is 0.215. The van der Waals surface area contributed by atoms with Crippen molar-refractivity contribution in [1.82, 2.24) is 0 Å². The van der Waals surface area contributed by atoms with Crippen molar-refractivity contribution in [1.29, 1.82) is 0 Å². The van der Waals surface area contributed by atoms with Gasteiger partial charge in [-0.1, -0.05) is 29.3 Å². The number of benzene rings is 2. The highest BCUT2D eigenvalue weighted by molar-refractivity contribution is 7.86. The molecule has 0 saturated carbocycles. The van der Waals surface area contributed by atoms with Gasteiger partial charge in [0.25, 0.3) is 0 Å². The lowest BCUT2D eigenvalue weighted by Crippen LogP contribution is -2.16. The van der Waals surface area contributed by atoms with Gasteiger partial charge in [0.1, 0.15) is 4.90 Å². The molecule has 1 amide bonds. The fourth-order valence-electron chi connectivity index (χ4n) is 1.53. The predicted octanol–water partition coefficient (Wildman–Crippen LogP) is 4.26. The average molecular weight is 364 g/mol. The Morgan fingerprint density at radius 1 is 1.14 bits per heavy atom. The second-order valence-corrected chi connectivity index (χ2v) is 6.25. The van der Waals surface area contributed by atoms with E-state index in [-0.39, 0.29) is 10.8 Å². The normalized spacial score (nSPS) is 11.0. The minimum Gasteiger partial charge on any atom is -0.409 e. The van der Waals surface area contributed by atoms with Gasteiger partial charge in [-0.15, -0.1) is 3.89 Å². The van der Waals surface area contributed by atoms with E-state index in [9.17, 15) is 17.1 Å². The Morgan fingerprint density at radius 3 is 2.45 bits per heavy atom. The van der Waals surface area contributed by atoms with Crippen LogP contribution in [0.4, 0.5) is 14.4 Å². The van der Waals surface area contributed by atoms with Crippen LogP contribution in [-0.4, -0.2) is 14.5 Å². The number of amides is 1. The molecule has 2 aromatic carbocycles. The molecule has 116 valence electrons. The van der Waals surface area contributed by atoms with Crippen LogP contribution in [0, 0.1) is 0 Å². The van der Waals surface area contributed by atoms with Gasteiger partial charge < -0.3 is 4.74 Å². The molecule has 0 spiro atoms. The zero-order chi connectivity index (χ0) is 16.3. The lowest BCUT2D eigenvalue weighted by atomic mass is 10.3. The molecular formula is C13H8Cl2FNO4S. The average Bonchev–Trinajstić information content (AvgIpc) is 2.39. The first-order valence-corrected chi connectivity index (χ1v) is 7.88. The van der Waals surface area contributed by atoms with Crippen molar-refractivity contribution in [3.63, 3.8) is 0 Å². The monoisotopic (exact) mass is 363 g/mol. The van der Waals surface area contributed by atoms with Crippen LogP contribution >= 0.6 is 23.2 Å². The maximum Gasteiger partial charge on any atom is 0.417 e. The number of hydrogen-bond donors (Lipinski definition) is 1. The number of anilines is 1. The number of nitrogens with one attached hydrogen (secondary N) is 1. The molecule has 0 aliphatic carbocycles. The van der Waals surface area contributed by atoms with Gasteiger partial charge in [0, 0.05) is 10.7 Å². The SMILES string of the molecule is O=C(Nc1cccc(Cl)c1)Oc1ccc(S(=O)(=O)F)cc1Cl. The number of carbonyl (C=O) groups is 1. The summed E-state index contributed by atoms with van der Waals surface area (Å²) in [6.07, 6.45) is -0.861. The van der Waals surface area contributed by atoms with Gasteiger partial charge in [0.15, 0.2) is 5.75 Å². The van der Waals surface area contributed by atoms with Gasteiger partial charge in [-0.3, -0.25) is 5.32 Å². The van der Waals surface area contributed by atoms with Crippen LogP contribution in [0.25, 0.3) is 0 Å². The smallest absolute Gasteiger partial charge is 0.409 e. The molecule has 1 N–H and O–H groups in total. The Hall–Kier alpha value is -1.83. The van der Waals surface area contributed by atoms with E-state index < -0.39 is 21.2 Å². The third-order valence-corrected chi connectivity index (χ3v) is 3.81. The molecule has 0 aliphatic heterocycles. The molecule has 0 atom stereocenters. The van der Waals surface area contributed by atoms with E-state index in [1.807, 2.05) is 0 Å². The molecule has 0 unspecified atom stereocenters. The second kappa shape index (κ2) is 6.51. The van der Waals surface area contributed by atoms with Crippen molar-refractivity contribution in [3.8, 4) is 5.75 Å². The maximum atomic E-state index is 12.8. The fourth-order valence-corrected chi connectivity index (χ4v) is 2.49. The molecule has 2 rings (SSSR count). The zero-order valence-electron chi connectivity index (χ0n) is 10.7. The minimum atomic E-state index is -4.88. The highest BCUT2D eigenvalue weighted by atomic mass is 35.5. The summed E-state index contributed by atoms with van der Waals surface area (Å²) in [6.45, 7) is 0. The molecule has 9 heteroatoms. The van der Waals surface area contributed by atoms with E-state index >= 15 is 0 Å². The number of ether oxygens (including phenoxy) is 1. The van der Waals surface area contributed by atoms with Gasteiger partial charge in [-0.2, -0.15) is 8.42 Å². The molecule has 5 nitrogen and oxygen atoms in total. The molecule has 2 aromatic rings. The van der Waals surface area contributed by atoms with Gasteiger partial charge in [-0.05, 0) is 36.4 Å². The van der Waals surface area contributed by atoms with Crippen molar-refractivity contribution >= 4 is 45.2 Å². The summed E-state index contributed by atoms with van der Waals surface area (Å²) in [4.78, 5) is 11.1. The van der Waals surface area contributed by atoms with Crippen LogP contribution in [0.3, 0.4) is 0 Å². The summed E-state index contributed by atoms with van der Waals surface area (Å²) in [5, 5.41) is 2.61. The minimum absolute atomic E-state index is 0.117. The van der Waals surface area contributed by atoms with Crippen molar-refractivity contribution < 1.29 is 21.8 Å². The topological polar surface area (TPSA) is 72.5 Å². The fraction of sp³-hybridized carbons (Fsp3) is 0. The number of carbonyl (C=O) groups excluding carboxylic acids is 1. The molecule has 0 aromatic heterocycles. The van der Waals surface area contributed by atoms with Gasteiger partial charge in [-0.25, -0.2) is 4.79 Å². The number of hydrogen-bond acceptors (Lipinski definition) is 4. The third kappa shape index (κ3) is 4.33. The van der Waals surface area contributed by atoms with E-state index in [4.69, 9.17) is 27.9 Å². The van der Waals surface area contributed by atoms with Crippen molar-refractivity contribution in [2.45, 2.75) is 4.90 Å². The van der Waals surface area contributed by atoms with E-state index in [0.29, 0.717) is 10.7 Å². The van der Waals surface area contributed by atoms with Crippen LogP contribution in [0.15, 0.2) is 47.4 Å². The van der Waals surface area contributed by atoms with Crippen LogP contribution in [-0.2, 0) is 10.2 Å². The van der Waals surface area contributed by atoms with E-state index in [2.05, 4.69) is 5.32 Å². The largest absolute Gasteiger partial charge is 0.417 e. The molecule has 0 heterocycles. The zero-order valence-corrected chi connectivity index (χ0v) is 13.0. The highest BCUT2D eigenvalue weighted by Gasteiger charge is 2.16. The molecule has 0 radical (unpaired) electrons. The summed E-state index contributed by atoms with van der Waals surface area (Å²) >= 11 is 11.5. The Labute approximate surface area is 135 Å². The van der Waals surface area contributed by atoms with E-state index in [1.165, 1.54) is 6.07 Å². The predicted molar refractivity (Wildman–Crippen MR) is 80.8 cm³/mol. The van der Waals surface area contributed by atoms with Crippen molar-refractivity contribution in [2.75, 3.05) is 5.32 Å². The summed E-state index contributed by atoms with van der Waals surface area (Å²) in [6, 6.07) is 9.21. The third-order valence-electron chi connectivity index (χ3n) is 2.46. The van der Waals surface area contributed by atoms with Crippen LogP contribution < -0.4 is 10.1 Å². The highest BCUT2D eigenvalue weighted by Crippen LogP contribution is 2.28. The summed E-state index contributed by atoms with van der Waals surface area (Å²) < 4.78 is 39.2. The Bertz CT molecular complexity index is 827. The summed E-state index contributed by atoms with van der Waals surface area (Å²) in [5.41, 5.74) is 0.400. The quantitative estimate of drug-likeness (QED) is 0.826. The van der Waals surface area contributed by atoms with Crippen LogP contribution in [0.1, 0.15) is 0 Å². The Kier molecular flexibility index (Phi) is 4.90. The van der Waals surface area contributed by atoms with Crippen LogP contribution in [0.2, 0.25) is 10.0 Å². The Morgan fingerprint density at radius 2 is 1.86 bits per heavy atom.